The van der Waals surface area contributed by atoms with Crippen molar-refractivity contribution in [1.82, 2.24) is 4.90 Å². The summed E-state index contributed by atoms with van der Waals surface area (Å²) in [5.41, 5.74) is 0. The summed E-state index contributed by atoms with van der Waals surface area (Å²) in [4.78, 5) is 12.9. The molecule has 0 radical (unpaired) electrons. The van der Waals surface area contributed by atoms with Crippen LogP contribution in [0.5, 0.6) is 0 Å². The quantitative estimate of drug-likeness (QED) is 0.605. The zero-order valence-corrected chi connectivity index (χ0v) is 11.0. The number of sulfone groups is 1. The summed E-state index contributed by atoms with van der Waals surface area (Å²) in [6, 6.07) is 1.93. The average Bonchev–Trinajstić information content (AvgIpc) is 2.30. The van der Waals surface area contributed by atoms with E-state index >= 15 is 0 Å². The minimum absolute atomic E-state index is 0.0476. The maximum atomic E-state index is 11.5. The molecular formula is C10H18N2O4S. The van der Waals surface area contributed by atoms with Gasteiger partial charge in [0.2, 0.25) is 5.91 Å². The number of carbonyl (C=O) groups is 1. The van der Waals surface area contributed by atoms with Gasteiger partial charge in [-0.2, -0.15) is 5.26 Å². The zero-order chi connectivity index (χ0) is 13.3. The maximum Gasteiger partial charge on any atom is 0.223 e. The Balaban J connectivity index is 4.02. The Hall–Kier alpha value is -1.13. The van der Waals surface area contributed by atoms with E-state index in [-0.39, 0.29) is 36.9 Å². The van der Waals surface area contributed by atoms with Gasteiger partial charge in [0.15, 0.2) is 9.84 Å². The molecule has 0 aromatic rings. The van der Waals surface area contributed by atoms with Crippen molar-refractivity contribution >= 4 is 15.7 Å². The third-order valence-corrected chi connectivity index (χ3v) is 3.82. The minimum atomic E-state index is -3.23. The van der Waals surface area contributed by atoms with Crippen molar-refractivity contribution in [2.75, 3.05) is 38.8 Å². The summed E-state index contributed by atoms with van der Waals surface area (Å²) in [6.45, 7) is 0.467. The van der Waals surface area contributed by atoms with E-state index in [1.807, 2.05) is 6.07 Å². The van der Waals surface area contributed by atoms with Gasteiger partial charge in [0.1, 0.15) is 0 Å². The zero-order valence-electron chi connectivity index (χ0n) is 10.2. The third kappa shape index (κ3) is 7.71. The number of amides is 1. The Morgan fingerprint density at radius 2 is 2.06 bits per heavy atom. The highest BCUT2D eigenvalue weighted by molar-refractivity contribution is 7.91. The van der Waals surface area contributed by atoms with Gasteiger partial charge in [-0.1, -0.05) is 0 Å². The fourth-order valence-corrected chi connectivity index (χ4v) is 2.20. The van der Waals surface area contributed by atoms with Gasteiger partial charge in [-0.15, -0.1) is 0 Å². The number of methoxy groups -OCH3 is 1. The number of carbonyl (C=O) groups excluding carboxylic acids is 1. The molecule has 0 aliphatic carbocycles. The molecule has 0 aromatic heterocycles. The number of hydrogen-bond donors (Lipinski definition) is 0. The average molecular weight is 262 g/mol. The lowest BCUT2D eigenvalue weighted by Gasteiger charge is -2.15. The van der Waals surface area contributed by atoms with E-state index in [1.54, 1.807) is 7.05 Å². The predicted octanol–water partition coefficient (Wildman–Crippen LogP) is -0.190. The molecular weight excluding hydrogens is 244 g/mol. The Labute approximate surface area is 102 Å². The molecule has 0 heterocycles. The molecule has 0 N–H and O–H groups in total. The lowest BCUT2D eigenvalue weighted by atomic mass is 10.3. The largest absolute Gasteiger partial charge is 0.384 e. The molecule has 0 bridgehead atoms. The summed E-state index contributed by atoms with van der Waals surface area (Å²) in [5, 5.41) is 8.36. The van der Waals surface area contributed by atoms with Crippen LogP contribution in [0, 0.1) is 11.3 Å². The van der Waals surface area contributed by atoms with Crippen molar-refractivity contribution in [1.29, 1.82) is 5.26 Å². The smallest absolute Gasteiger partial charge is 0.223 e. The monoisotopic (exact) mass is 262 g/mol. The van der Waals surface area contributed by atoms with Crippen LogP contribution in [0.2, 0.25) is 0 Å². The van der Waals surface area contributed by atoms with E-state index in [4.69, 9.17) is 5.26 Å². The molecule has 0 aliphatic rings. The number of nitrogens with zero attached hydrogens (tertiary/aromatic N) is 2. The first-order chi connectivity index (χ1) is 7.93. The fraction of sp³-hybridized carbons (Fsp3) is 0.800. The van der Waals surface area contributed by atoms with Gasteiger partial charge in [-0.05, 0) is 0 Å². The van der Waals surface area contributed by atoms with Crippen LogP contribution >= 0.6 is 0 Å². The molecule has 1 amide bonds. The first kappa shape index (κ1) is 15.9. The van der Waals surface area contributed by atoms with Gasteiger partial charge in [0.05, 0.1) is 30.6 Å². The van der Waals surface area contributed by atoms with Gasteiger partial charge < -0.3 is 9.64 Å². The summed E-state index contributed by atoms with van der Waals surface area (Å²) in [6.07, 6.45) is 0.201. The van der Waals surface area contributed by atoms with Crippen molar-refractivity contribution in [3.8, 4) is 6.07 Å². The van der Waals surface area contributed by atoms with E-state index in [0.717, 1.165) is 0 Å². The summed E-state index contributed by atoms with van der Waals surface area (Å²) in [5.74, 6) is -0.508. The van der Waals surface area contributed by atoms with E-state index in [1.165, 1.54) is 12.0 Å². The van der Waals surface area contributed by atoms with E-state index in [9.17, 15) is 13.2 Å². The van der Waals surface area contributed by atoms with Crippen molar-refractivity contribution in [3.63, 3.8) is 0 Å². The molecule has 0 aliphatic heterocycles. The second-order valence-corrected chi connectivity index (χ2v) is 5.92. The lowest BCUT2D eigenvalue weighted by Crippen LogP contribution is -2.29. The molecule has 0 fully saturated rings. The molecule has 0 unspecified atom stereocenters. The van der Waals surface area contributed by atoms with Crippen molar-refractivity contribution in [2.45, 2.75) is 12.8 Å². The first-order valence-electron chi connectivity index (χ1n) is 5.23. The standard InChI is InChI=1S/C10H18N2O4S/c1-12(6-3-5-11)10(13)4-8-17(14,15)9-7-16-2/h3-4,6-9H2,1-2H3. The van der Waals surface area contributed by atoms with Crippen LogP contribution in [0.25, 0.3) is 0 Å². The summed E-state index contributed by atoms with van der Waals surface area (Å²) < 4.78 is 27.5. The van der Waals surface area contributed by atoms with Gasteiger partial charge in [-0.3, -0.25) is 4.79 Å². The molecule has 98 valence electrons. The number of hydrogen-bond acceptors (Lipinski definition) is 5. The summed E-state index contributed by atoms with van der Waals surface area (Å²) >= 11 is 0. The van der Waals surface area contributed by atoms with Gasteiger partial charge in [0.25, 0.3) is 0 Å². The van der Waals surface area contributed by atoms with Gasteiger partial charge in [0, 0.05) is 27.1 Å². The molecule has 6 nitrogen and oxygen atoms in total. The lowest BCUT2D eigenvalue weighted by molar-refractivity contribution is -0.129. The van der Waals surface area contributed by atoms with Crippen LogP contribution in [-0.2, 0) is 19.4 Å². The number of nitriles is 1. The van der Waals surface area contributed by atoms with Crippen molar-refractivity contribution in [2.24, 2.45) is 0 Å². The Kier molecular flexibility index (Phi) is 7.50. The summed E-state index contributed by atoms with van der Waals surface area (Å²) in [7, 11) is -0.246. The van der Waals surface area contributed by atoms with Crippen LogP contribution < -0.4 is 0 Å². The maximum absolute atomic E-state index is 11.5. The molecule has 7 heteroatoms. The van der Waals surface area contributed by atoms with Crippen LogP contribution in [-0.4, -0.2) is 58.0 Å². The third-order valence-electron chi connectivity index (χ3n) is 2.21. The Morgan fingerprint density at radius 3 is 2.59 bits per heavy atom. The highest BCUT2D eigenvalue weighted by Gasteiger charge is 2.15. The normalized spacial score (nSPS) is 10.9. The van der Waals surface area contributed by atoms with E-state index in [0.29, 0.717) is 6.54 Å². The minimum Gasteiger partial charge on any atom is -0.384 e. The second-order valence-electron chi connectivity index (χ2n) is 3.62. The van der Waals surface area contributed by atoms with Crippen LogP contribution in [0.3, 0.4) is 0 Å². The van der Waals surface area contributed by atoms with Gasteiger partial charge >= 0.3 is 0 Å². The van der Waals surface area contributed by atoms with Crippen LogP contribution in [0.1, 0.15) is 12.8 Å². The topological polar surface area (TPSA) is 87.5 Å². The molecule has 0 saturated heterocycles. The SMILES string of the molecule is COCCS(=O)(=O)CCC(=O)N(C)CCC#N. The number of rotatable bonds is 8. The van der Waals surface area contributed by atoms with Crippen molar-refractivity contribution in [3.05, 3.63) is 0 Å². The molecule has 0 rings (SSSR count). The molecule has 0 atom stereocenters. The Morgan fingerprint density at radius 1 is 1.41 bits per heavy atom. The van der Waals surface area contributed by atoms with Crippen LogP contribution in [0.4, 0.5) is 0 Å². The molecule has 0 aromatic carbocycles. The van der Waals surface area contributed by atoms with Crippen LogP contribution in [0.15, 0.2) is 0 Å². The highest BCUT2D eigenvalue weighted by Crippen LogP contribution is 1.99. The second kappa shape index (κ2) is 8.03. The molecule has 17 heavy (non-hydrogen) atoms. The molecule has 0 saturated carbocycles. The first-order valence-corrected chi connectivity index (χ1v) is 7.05. The molecule has 0 spiro atoms. The van der Waals surface area contributed by atoms with E-state index < -0.39 is 9.84 Å². The van der Waals surface area contributed by atoms with Crippen molar-refractivity contribution < 1.29 is 17.9 Å². The fourth-order valence-electron chi connectivity index (χ4n) is 1.09. The van der Waals surface area contributed by atoms with E-state index in [2.05, 4.69) is 4.74 Å². The number of ether oxygens (including phenoxy) is 1. The Bertz CT molecular complexity index is 372. The predicted molar refractivity (Wildman–Crippen MR) is 63.0 cm³/mol. The highest BCUT2D eigenvalue weighted by atomic mass is 32.2. The van der Waals surface area contributed by atoms with Gasteiger partial charge in [-0.25, -0.2) is 8.42 Å².